The van der Waals surface area contributed by atoms with Gasteiger partial charge in [-0.15, -0.1) is 0 Å². The predicted octanol–water partition coefficient (Wildman–Crippen LogP) is 2.03. The van der Waals surface area contributed by atoms with Crippen LogP contribution in [-0.4, -0.2) is 36.1 Å². The number of halogens is 1. The molecule has 0 saturated carbocycles. The van der Waals surface area contributed by atoms with Gasteiger partial charge in [-0.3, -0.25) is 0 Å². The summed E-state index contributed by atoms with van der Waals surface area (Å²) in [4.78, 5) is 6.90. The van der Waals surface area contributed by atoms with E-state index in [1.54, 1.807) is 0 Å². The number of hydrogen-bond acceptors (Lipinski definition) is 3. The third-order valence-electron chi connectivity index (χ3n) is 2.88. The van der Waals surface area contributed by atoms with Gasteiger partial charge in [0.15, 0.2) is 0 Å². The van der Waals surface area contributed by atoms with E-state index < -0.39 is 0 Å². The molecule has 88 valence electrons. The maximum absolute atomic E-state index is 4.38. The third kappa shape index (κ3) is 3.85. The molecule has 0 unspecified atom stereocenters. The van der Waals surface area contributed by atoms with Gasteiger partial charge in [0.2, 0.25) is 0 Å². The summed E-state index contributed by atoms with van der Waals surface area (Å²) in [6.07, 6.45) is 2.74. The van der Waals surface area contributed by atoms with Crippen LogP contribution in [0.25, 0.3) is 0 Å². The number of nitrogens with one attached hydrogen (secondary N) is 1. The van der Waals surface area contributed by atoms with Crippen molar-refractivity contribution in [3.8, 4) is 0 Å². The van der Waals surface area contributed by atoms with Crippen molar-refractivity contribution in [3.05, 3.63) is 28.5 Å². The molecule has 1 fully saturated rings. The minimum Gasteiger partial charge on any atom is -0.310 e. The number of pyridine rings is 1. The summed E-state index contributed by atoms with van der Waals surface area (Å²) in [5, 5.41) is 3.43. The Bertz CT molecular complexity index is 324. The van der Waals surface area contributed by atoms with Gasteiger partial charge in [0.05, 0.1) is 5.69 Å². The highest BCUT2D eigenvalue weighted by Crippen LogP contribution is 2.07. The fraction of sp³-hybridized carbons (Fsp3) is 0.583. The van der Waals surface area contributed by atoms with Crippen LogP contribution in [0.5, 0.6) is 0 Å². The van der Waals surface area contributed by atoms with E-state index in [0.717, 1.165) is 29.9 Å². The van der Waals surface area contributed by atoms with Crippen LogP contribution in [0, 0.1) is 0 Å². The highest BCUT2D eigenvalue weighted by Gasteiger charge is 2.09. The zero-order chi connectivity index (χ0) is 11.2. The first-order chi connectivity index (χ1) is 7.84. The summed E-state index contributed by atoms with van der Waals surface area (Å²) in [5.41, 5.74) is 1.09. The fourth-order valence-electron chi connectivity index (χ4n) is 2.01. The number of nitrogens with zero attached hydrogens (tertiary/aromatic N) is 2. The van der Waals surface area contributed by atoms with Crippen LogP contribution in [-0.2, 0) is 6.54 Å². The van der Waals surface area contributed by atoms with Crippen molar-refractivity contribution in [1.82, 2.24) is 15.2 Å². The quantitative estimate of drug-likeness (QED) is 0.662. The molecule has 16 heavy (non-hydrogen) atoms. The van der Waals surface area contributed by atoms with E-state index in [0.29, 0.717) is 0 Å². The Kier molecular flexibility index (Phi) is 4.75. The van der Waals surface area contributed by atoms with Gasteiger partial charge in [-0.1, -0.05) is 6.07 Å². The van der Waals surface area contributed by atoms with E-state index >= 15 is 0 Å². The SMILES string of the molecule is Brc1cccc(CNCCN2CCCC2)n1. The summed E-state index contributed by atoms with van der Waals surface area (Å²) in [7, 11) is 0. The molecule has 0 aromatic carbocycles. The summed E-state index contributed by atoms with van der Waals surface area (Å²) in [6.45, 7) is 5.61. The van der Waals surface area contributed by atoms with Crippen molar-refractivity contribution < 1.29 is 0 Å². The summed E-state index contributed by atoms with van der Waals surface area (Å²) in [6, 6.07) is 6.02. The molecule has 1 aliphatic heterocycles. The van der Waals surface area contributed by atoms with Crippen molar-refractivity contribution in [1.29, 1.82) is 0 Å². The zero-order valence-corrected chi connectivity index (χ0v) is 11.0. The van der Waals surface area contributed by atoms with E-state index in [9.17, 15) is 0 Å². The normalized spacial score (nSPS) is 16.8. The minimum absolute atomic E-state index is 0.854. The summed E-state index contributed by atoms with van der Waals surface area (Å²) in [5.74, 6) is 0. The molecule has 1 aromatic rings. The van der Waals surface area contributed by atoms with E-state index in [4.69, 9.17) is 0 Å². The molecule has 0 spiro atoms. The molecule has 2 heterocycles. The average Bonchev–Trinajstić information content (AvgIpc) is 2.77. The molecule has 2 rings (SSSR count). The van der Waals surface area contributed by atoms with Crippen LogP contribution < -0.4 is 5.32 Å². The van der Waals surface area contributed by atoms with Crippen molar-refractivity contribution >= 4 is 15.9 Å². The number of aromatic nitrogens is 1. The molecule has 1 aliphatic rings. The maximum atomic E-state index is 4.38. The first kappa shape index (κ1) is 12.0. The van der Waals surface area contributed by atoms with Gasteiger partial charge in [-0.25, -0.2) is 4.98 Å². The molecule has 1 aromatic heterocycles. The van der Waals surface area contributed by atoms with Crippen molar-refractivity contribution in [2.75, 3.05) is 26.2 Å². The molecule has 0 bridgehead atoms. The lowest BCUT2D eigenvalue weighted by molar-refractivity contribution is 0.335. The van der Waals surface area contributed by atoms with Crippen LogP contribution in [0.15, 0.2) is 22.8 Å². The molecule has 4 heteroatoms. The van der Waals surface area contributed by atoms with Gasteiger partial charge in [0.1, 0.15) is 4.60 Å². The number of likely N-dealkylation sites (tertiary alicyclic amines) is 1. The molecular weight excluding hydrogens is 266 g/mol. The van der Waals surface area contributed by atoms with Gasteiger partial charge >= 0.3 is 0 Å². The van der Waals surface area contributed by atoms with Crippen molar-refractivity contribution in [2.24, 2.45) is 0 Å². The lowest BCUT2D eigenvalue weighted by Gasteiger charge is -2.14. The Morgan fingerprint density at radius 3 is 2.88 bits per heavy atom. The predicted molar refractivity (Wildman–Crippen MR) is 69.3 cm³/mol. The van der Waals surface area contributed by atoms with Crippen LogP contribution in [0.2, 0.25) is 0 Å². The monoisotopic (exact) mass is 283 g/mol. The Balaban J connectivity index is 1.64. The van der Waals surface area contributed by atoms with E-state index in [2.05, 4.69) is 31.1 Å². The van der Waals surface area contributed by atoms with E-state index in [1.807, 2.05) is 18.2 Å². The maximum Gasteiger partial charge on any atom is 0.106 e. The van der Waals surface area contributed by atoms with Crippen molar-refractivity contribution in [3.63, 3.8) is 0 Å². The van der Waals surface area contributed by atoms with E-state index in [1.165, 1.54) is 25.9 Å². The lowest BCUT2D eigenvalue weighted by Crippen LogP contribution is -2.29. The standard InChI is InChI=1S/C12H18BrN3/c13-12-5-3-4-11(15-12)10-14-6-9-16-7-1-2-8-16/h3-5,14H,1-2,6-10H2. The Morgan fingerprint density at radius 2 is 2.12 bits per heavy atom. The molecule has 0 radical (unpaired) electrons. The van der Waals surface area contributed by atoms with Gasteiger partial charge in [0, 0.05) is 19.6 Å². The smallest absolute Gasteiger partial charge is 0.106 e. The second kappa shape index (κ2) is 6.33. The largest absolute Gasteiger partial charge is 0.310 e. The van der Waals surface area contributed by atoms with Crippen LogP contribution >= 0.6 is 15.9 Å². The molecule has 1 saturated heterocycles. The van der Waals surface area contributed by atoms with Crippen LogP contribution in [0.1, 0.15) is 18.5 Å². The van der Waals surface area contributed by atoms with Gasteiger partial charge in [-0.05, 0) is 54.0 Å². The summed E-state index contributed by atoms with van der Waals surface area (Å²) < 4.78 is 0.909. The van der Waals surface area contributed by atoms with Crippen LogP contribution in [0.4, 0.5) is 0 Å². The zero-order valence-electron chi connectivity index (χ0n) is 9.45. The number of hydrogen-bond donors (Lipinski definition) is 1. The highest BCUT2D eigenvalue weighted by molar-refractivity contribution is 9.10. The Labute approximate surface area is 105 Å². The molecular formula is C12H18BrN3. The first-order valence-electron chi connectivity index (χ1n) is 5.89. The number of rotatable bonds is 5. The molecule has 1 N–H and O–H groups in total. The van der Waals surface area contributed by atoms with Gasteiger partial charge in [-0.2, -0.15) is 0 Å². The van der Waals surface area contributed by atoms with Gasteiger partial charge < -0.3 is 10.2 Å². The van der Waals surface area contributed by atoms with Gasteiger partial charge in [0.25, 0.3) is 0 Å². The Morgan fingerprint density at radius 1 is 1.31 bits per heavy atom. The molecule has 3 nitrogen and oxygen atoms in total. The summed E-state index contributed by atoms with van der Waals surface area (Å²) >= 11 is 3.38. The second-order valence-corrected chi connectivity index (χ2v) is 4.99. The molecule has 0 aliphatic carbocycles. The molecule has 0 atom stereocenters. The molecule has 0 amide bonds. The third-order valence-corrected chi connectivity index (χ3v) is 3.32. The van der Waals surface area contributed by atoms with E-state index in [-0.39, 0.29) is 0 Å². The second-order valence-electron chi connectivity index (χ2n) is 4.18. The fourth-order valence-corrected chi connectivity index (χ4v) is 2.39. The first-order valence-corrected chi connectivity index (χ1v) is 6.68. The topological polar surface area (TPSA) is 28.2 Å². The van der Waals surface area contributed by atoms with Crippen molar-refractivity contribution in [2.45, 2.75) is 19.4 Å². The average molecular weight is 284 g/mol. The van der Waals surface area contributed by atoms with Crippen LogP contribution in [0.3, 0.4) is 0 Å². The lowest BCUT2D eigenvalue weighted by atomic mass is 10.3. The minimum atomic E-state index is 0.854. The Hall–Kier alpha value is -0.450. The highest BCUT2D eigenvalue weighted by atomic mass is 79.9.